The minimum absolute atomic E-state index is 0.0110. The van der Waals surface area contributed by atoms with Crippen LogP contribution in [0.4, 0.5) is 14.6 Å². The van der Waals surface area contributed by atoms with Crippen LogP contribution in [0, 0.1) is 10.5 Å². The largest absolute Gasteiger partial charge is 0.383 e. The third kappa shape index (κ3) is 1.65. The Morgan fingerprint density at radius 1 is 1.58 bits per heavy atom. The summed E-state index contributed by atoms with van der Waals surface area (Å²) in [5, 5.41) is 0. The van der Waals surface area contributed by atoms with Crippen LogP contribution < -0.4 is 5.73 Å². The highest BCUT2D eigenvalue weighted by molar-refractivity contribution is 14.1. The van der Waals surface area contributed by atoms with Gasteiger partial charge in [-0.3, -0.25) is 0 Å². The van der Waals surface area contributed by atoms with Gasteiger partial charge in [0.2, 0.25) is 0 Å². The Hall–Kier alpha value is -0.460. The fourth-order valence-corrected chi connectivity index (χ4v) is 1.67. The number of aryl methyl sites for hydroxylation is 1. The molecule has 0 aliphatic carbocycles. The van der Waals surface area contributed by atoms with Crippen molar-refractivity contribution in [2.75, 3.05) is 5.73 Å². The minimum Gasteiger partial charge on any atom is -0.383 e. The number of pyridine rings is 1. The predicted molar refractivity (Wildman–Crippen MR) is 51.1 cm³/mol. The van der Waals surface area contributed by atoms with Crippen molar-refractivity contribution in [3.63, 3.8) is 0 Å². The molecule has 0 aromatic carbocycles. The van der Waals surface area contributed by atoms with E-state index in [1.165, 1.54) is 6.20 Å². The topological polar surface area (TPSA) is 38.9 Å². The first-order valence-corrected chi connectivity index (χ1v) is 4.30. The molecule has 0 spiro atoms. The standard InChI is InChI=1S/C7H7F2IN2/c1-3-2-12-7(11)5(10)4(3)6(8)9/h2,6H,1H3,(H2,11,12). The Kier molecular flexibility index (Phi) is 2.81. The molecule has 0 saturated carbocycles. The molecular weight excluding hydrogens is 277 g/mol. The van der Waals surface area contributed by atoms with Crippen molar-refractivity contribution >= 4 is 28.4 Å². The number of anilines is 1. The van der Waals surface area contributed by atoms with Gasteiger partial charge in [-0.25, -0.2) is 13.8 Å². The maximum atomic E-state index is 12.4. The first-order valence-electron chi connectivity index (χ1n) is 3.22. The molecule has 1 heterocycles. The van der Waals surface area contributed by atoms with Crippen LogP contribution in [0.3, 0.4) is 0 Å². The van der Waals surface area contributed by atoms with E-state index < -0.39 is 6.43 Å². The van der Waals surface area contributed by atoms with E-state index in [2.05, 4.69) is 4.98 Å². The SMILES string of the molecule is Cc1cnc(N)c(I)c1C(F)F. The number of aromatic nitrogens is 1. The van der Waals surface area contributed by atoms with Gasteiger partial charge in [0.25, 0.3) is 6.43 Å². The summed E-state index contributed by atoms with van der Waals surface area (Å²) in [4.78, 5) is 3.76. The average molecular weight is 284 g/mol. The van der Waals surface area contributed by atoms with Crippen molar-refractivity contribution < 1.29 is 8.78 Å². The molecule has 5 heteroatoms. The molecule has 12 heavy (non-hydrogen) atoms. The van der Waals surface area contributed by atoms with E-state index in [0.29, 0.717) is 9.13 Å². The van der Waals surface area contributed by atoms with Crippen molar-refractivity contribution in [2.24, 2.45) is 0 Å². The number of alkyl halides is 2. The maximum absolute atomic E-state index is 12.4. The van der Waals surface area contributed by atoms with Crippen LogP contribution in [-0.2, 0) is 0 Å². The fourth-order valence-electron chi connectivity index (χ4n) is 0.872. The van der Waals surface area contributed by atoms with E-state index in [1.54, 1.807) is 29.5 Å². The molecule has 0 atom stereocenters. The average Bonchev–Trinajstić information content (AvgIpc) is 1.97. The molecule has 0 bridgehead atoms. The van der Waals surface area contributed by atoms with Gasteiger partial charge in [-0.1, -0.05) is 0 Å². The second kappa shape index (κ2) is 3.51. The predicted octanol–water partition coefficient (Wildman–Crippen LogP) is 2.51. The highest BCUT2D eigenvalue weighted by atomic mass is 127. The zero-order valence-electron chi connectivity index (χ0n) is 6.31. The Morgan fingerprint density at radius 2 is 2.17 bits per heavy atom. The number of hydrogen-bond donors (Lipinski definition) is 1. The van der Waals surface area contributed by atoms with Crippen LogP contribution in [0.5, 0.6) is 0 Å². The van der Waals surface area contributed by atoms with Gasteiger partial charge in [-0.15, -0.1) is 0 Å². The summed E-state index contributed by atoms with van der Waals surface area (Å²) in [6, 6.07) is 0. The lowest BCUT2D eigenvalue weighted by atomic mass is 10.1. The number of nitrogens with two attached hydrogens (primary N) is 1. The van der Waals surface area contributed by atoms with E-state index >= 15 is 0 Å². The molecule has 1 rings (SSSR count). The van der Waals surface area contributed by atoms with Gasteiger partial charge in [0.15, 0.2) is 0 Å². The summed E-state index contributed by atoms with van der Waals surface area (Å²) in [7, 11) is 0. The lowest BCUT2D eigenvalue weighted by molar-refractivity contribution is 0.149. The van der Waals surface area contributed by atoms with Gasteiger partial charge < -0.3 is 5.73 Å². The molecule has 0 unspecified atom stereocenters. The first kappa shape index (κ1) is 9.63. The Morgan fingerprint density at radius 3 is 2.58 bits per heavy atom. The number of nitrogens with zero attached hydrogens (tertiary/aromatic N) is 1. The summed E-state index contributed by atoms with van der Waals surface area (Å²) in [5.74, 6) is 0.163. The number of nitrogen functional groups attached to an aromatic ring is 1. The molecule has 1 aromatic rings. The Bertz CT molecular complexity index is 302. The monoisotopic (exact) mass is 284 g/mol. The number of hydrogen-bond acceptors (Lipinski definition) is 2. The normalized spacial score (nSPS) is 10.8. The Balaban J connectivity index is 3.33. The second-order valence-electron chi connectivity index (χ2n) is 2.35. The van der Waals surface area contributed by atoms with E-state index in [9.17, 15) is 8.78 Å². The van der Waals surface area contributed by atoms with Crippen molar-refractivity contribution in [3.8, 4) is 0 Å². The second-order valence-corrected chi connectivity index (χ2v) is 3.43. The van der Waals surface area contributed by atoms with Crippen molar-refractivity contribution in [3.05, 3.63) is 20.9 Å². The molecule has 0 fully saturated rings. The molecule has 2 nitrogen and oxygen atoms in total. The quantitative estimate of drug-likeness (QED) is 0.805. The Labute approximate surface area is 82.3 Å². The molecule has 2 N–H and O–H groups in total. The molecular formula is C7H7F2IN2. The fraction of sp³-hybridized carbons (Fsp3) is 0.286. The highest BCUT2D eigenvalue weighted by Gasteiger charge is 2.16. The van der Waals surface area contributed by atoms with Gasteiger partial charge in [0.05, 0.1) is 3.57 Å². The minimum atomic E-state index is -2.48. The molecule has 1 aromatic heterocycles. The van der Waals surface area contributed by atoms with Crippen molar-refractivity contribution in [1.82, 2.24) is 4.98 Å². The van der Waals surface area contributed by atoms with E-state index in [1.807, 2.05) is 0 Å². The van der Waals surface area contributed by atoms with Gasteiger partial charge in [0, 0.05) is 11.8 Å². The summed E-state index contributed by atoms with van der Waals surface area (Å²) in [5.41, 5.74) is 5.84. The summed E-state index contributed by atoms with van der Waals surface area (Å²) in [6.45, 7) is 1.59. The molecule has 0 radical (unpaired) electrons. The van der Waals surface area contributed by atoms with E-state index in [0.717, 1.165) is 0 Å². The van der Waals surface area contributed by atoms with Crippen LogP contribution in [0.15, 0.2) is 6.20 Å². The third-order valence-electron chi connectivity index (χ3n) is 1.50. The molecule has 66 valence electrons. The van der Waals surface area contributed by atoms with Gasteiger partial charge >= 0.3 is 0 Å². The van der Waals surface area contributed by atoms with E-state index in [-0.39, 0.29) is 11.4 Å². The maximum Gasteiger partial charge on any atom is 0.265 e. The summed E-state index contributed by atoms with van der Waals surface area (Å²) >= 11 is 1.78. The van der Waals surface area contributed by atoms with Crippen LogP contribution in [0.2, 0.25) is 0 Å². The van der Waals surface area contributed by atoms with Crippen LogP contribution >= 0.6 is 22.6 Å². The summed E-state index contributed by atoms with van der Waals surface area (Å²) in [6.07, 6.45) is -1.12. The van der Waals surface area contributed by atoms with Crippen molar-refractivity contribution in [1.29, 1.82) is 0 Å². The lowest BCUT2D eigenvalue weighted by Gasteiger charge is -2.07. The molecule has 0 aliphatic rings. The zero-order valence-corrected chi connectivity index (χ0v) is 8.47. The van der Waals surface area contributed by atoms with Gasteiger partial charge in [-0.2, -0.15) is 0 Å². The van der Waals surface area contributed by atoms with Gasteiger partial charge in [0.1, 0.15) is 5.82 Å². The molecule has 0 aliphatic heterocycles. The molecule has 0 amide bonds. The number of rotatable bonds is 1. The van der Waals surface area contributed by atoms with E-state index in [4.69, 9.17) is 5.73 Å². The number of halogens is 3. The van der Waals surface area contributed by atoms with Gasteiger partial charge in [-0.05, 0) is 35.1 Å². The zero-order chi connectivity index (χ0) is 9.30. The molecule has 0 saturated heterocycles. The third-order valence-corrected chi connectivity index (χ3v) is 2.64. The first-order chi connectivity index (χ1) is 5.54. The van der Waals surface area contributed by atoms with Crippen LogP contribution in [0.1, 0.15) is 17.6 Å². The highest BCUT2D eigenvalue weighted by Crippen LogP contribution is 2.29. The lowest BCUT2D eigenvalue weighted by Crippen LogP contribution is -2.01. The summed E-state index contributed by atoms with van der Waals surface area (Å²) < 4.78 is 25.1. The smallest absolute Gasteiger partial charge is 0.265 e. The van der Waals surface area contributed by atoms with Crippen LogP contribution in [0.25, 0.3) is 0 Å². The van der Waals surface area contributed by atoms with Crippen molar-refractivity contribution in [2.45, 2.75) is 13.3 Å². The van der Waals surface area contributed by atoms with Crippen LogP contribution in [-0.4, -0.2) is 4.98 Å².